The van der Waals surface area contributed by atoms with Gasteiger partial charge in [0.25, 0.3) is 0 Å². The maximum atomic E-state index is 13.5. The maximum Gasteiger partial charge on any atom is 0.433 e. The van der Waals surface area contributed by atoms with Crippen LogP contribution in [0.4, 0.5) is 19.1 Å². The SMILES string of the molecule is O=C1NCCC[C@@]12CCN(c1nc3c(c(C(F)(F)F)n1)CCCC3)C2. The van der Waals surface area contributed by atoms with Gasteiger partial charge in [0, 0.05) is 30.9 Å². The van der Waals surface area contributed by atoms with Gasteiger partial charge in [-0.2, -0.15) is 13.2 Å². The zero-order chi connectivity index (χ0) is 17.7. The van der Waals surface area contributed by atoms with Crippen LogP contribution in [0.2, 0.25) is 0 Å². The lowest BCUT2D eigenvalue weighted by Crippen LogP contribution is -2.47. The van der Waals surface area contributed by atoms with Crippen LogP contribution in [0.1, 0.15) is 49.1 Å². The van der Waals surface area contributed by atoms with Crippen LogP contribution < -0.4 is 10.2 Å². The van der Waals surface area contributed by atoms with Crippen molar-refractivity contribution < 1.29 is 18.0 Å². The predicted molar refractivity (Wildman–Crippen MR) is 85.2 cm³/mol. The average molecular weight is 354 g/mol. The molecule has 2 saturated heterocycles. The third kappa shape index (κ3) is 2.85. The Morgan fingerprint density at radius 2 is 1.88 bits per heavy atom. The molecule has 1 spiro atoms. The first-order valence-corrected chi connectivity index (χ1v) is 8.89. The number of hydrogen-bond donors (Lipinski definition) is 1. The summed E-state index contributed by atoms with van der Waals surface area (Å²) in [6.45, 7) is 1.59. The fraction of sp³-hybridized carbons (Fsp3) is 0.706. The van der Waals surface area contributed by atoms with E-state index in [2.05, 4.69) is 15.3 Å². The van der Waals surface area contributed by atoms with Gasteiger partial charge in [0.15, 0.2) is 5.69 Å². The highest BCUT2D eigenvalue weighted by atomic mass is 19.4. The van der Waals surface area contributed by atoms with E-state index in [0.717, 1.165) is 25.7 Å². The van der Waals surface area contributed by atoms with E-state index in [0.29, 0.717) is 44.6 Å². The Morgan fingerprint density at radius 3 is 2.64 bits per heavy atom. The lowest BCUT2D eigenvalue weighted by atomic mass is 9.79. The fourth-order valence-corrected chi connectivity index (χ4v) is 4.32. The summed E-state index contributed by atoms with van der Waals surface area (Å²) in [5, 5.41) is 2.89. The summed E-state index contributed by atoms with van der Waals surface area (Å²) < 4.78 is 40.4. The second kappa shape index (κ2) is 5.85. The van der Waals surface area contributed by atoms with Crippen molar-refractivity contribution in [3.05, 3.63) is 17.0 Å². The molecule has 136 valence electrons. The maximum absolute atomic E-state index is 13.5. The number of carbonyl (C=O) groups is 1. The molecule has 2 fully saturated rings. The highest BCUT2D eigenvalue weighted by molar-refractivity contribution is 5.84. The second-order valence-corrected chi connectivity index (χ2v) is 7.31. The van der Waals surface area contributed by atoms with E-state index in [1.54, 1.807) is 4.90 Å². The summed E-state index contributed by atoms with van der Waals surface area (Å²) in [4.78, 5) is 22.4. The Hall–Kier alpha value is -1.86. The summed E-state index contributed by atoms with van der Waals surface area (Å²) >= 11 is 0. The second-order valence-electron chi connectivity index (χ2n) is 7.31. The third-order valence-corrected chi connectivity index (χ3v) is 5.68. The van der Waals surface area contributed by atoms with Crippen molar-refractivity contribution in [2.45, 2.75) is 51.1 Å². The smallest absolute Gasteiger partial charge is 0.356 e. The van der Waals surface area contributed by atoms with Crippen molar-refractivity contribution in [3.8, 4) is 0 Å². The minimum atomic E-state index is -4.47. The Bertz CT molecular complexity index is 706. The summed E-state index contributed by atoms with van der Waals surface area (Å²) in [6, 6.07) is 0. The van der Waals surface area contributed by atoms with Crippen LogP contribution in [0.25, 0.3) is 0 Å². The number of halogens is 3. The van der Waals surface area contributed by atoms with Crippen LogP contribution in [0.15, 0.2) is 0 Å². The van der Waals surface area contributed by atoms with Gasteiger partial charge >= 0.3 is 6.18 Å². The number of alkyl halides is 3. The Kier molecular flexibility index (Phi) is 3.88. The number of carbonyl (C=O) groups excluding carboxylic acids is 1. The van der Waals surface area contributed by atoms with Crippen LogP contribution in [0, 0.1) is 5.41 Å². The lowest BCUT2D eigenvalue weighted by molar-refractivity contribution is -0.142. The number of anilines is 1. The molecule has 25 heavy (non-hydrogen) atoms. The van der Waals surface area contributed by atoms with Gasteiger partial charge in [-0.05, 0) is 44.9 Å². The topological polar surface area (TPSA) is 58.1 Å². The summed E-state index contributed by atoms with van der Waals surface area (Å²) in [5.41, 5.74) is -0.513. The van der Waals surface area contributed by atoms with Gasteiger partial charge in [-0.1, -0.05) is 0 Å². The molecule has 1 aromatic heterocycles. The van der Waals surface area contributed by atoms with Crippen LogP contribution >= 0.6 is 0 Å². The number of nitrogens with zero attached hydrogens (tertiary/aromatic N) is 3. The normalized spacial score (nSPS) is 26.7. The third-order valence-electron chi connectivity index (χ3n) is 5.68. The average Bonchev–Trinajstić information content (AvgIpc) is 3.01. The number of amides is 1. The molecule has 1 atom stereocenters. The van der Waals surface area contributed by atoms with E-state index in [1.807, 2.05) is 0 Å². The predicted octanol–water partition coefficient (Wildman–Crippen LogP) is 2.48. The zero-order valence-electron chi connectivity index (χ0n) is 14.0. The quantitative estimate of drug-likeness (QED) is 0.842. The van der Waals surface area contributed by atoms with Gasteiger partial charge in [-0.15, -0.1) is 0 Å². The molecule has 5 nitrogen and oxygen atoms in total. The van der Waals surface area contributed by atoms with Gasteiger partial charge in [0.1, 0.15) is 0 Å². The minimum Gasteiger partial charge on any atom is -0.356 e. The van der Waals surface area contributed by atoms with E-state index < -0.39 is 17.3 Å². The van der Waals surface area contributed by atoms with Crippen molar-refractivity contribution in [1.82, 2.24) is 15.3 Å². The molecule has 0 bridgehead atoms. The number of hydrogen-bond acceptors (Lipinski definition) is 4. The van der Waals surface area contributed by atoms with Gasteiger partial charge in [-0.25, -0.2) is 9.97 Å². The summed E-state index contributed by atoms with van der Waals surface area (Å²) in [5.74, 6) is 0.137. The van der Waals surface area contributed by atoms with Crippen LogP contribution in [0.3, 0.4) is 0 Å². The van der Waals surface area contributed by atoms with E-state index in [-0.39, 0.29) is 17.4 Å². The van der Waals surface area contributed by atoms with Crippen molar-refractivity contribution >= 4 is 11.9 Å². The molecule has 0 radical (unpaired) electrons. The largest absolute Gasteiger partial charge is 0.433 e. The zero-order valence-corrected chi connectivity index (χ0v) is 14.0. The monoisotopic (exact) mass is 354 g/mol. The molecular formula is C17H21F3N4O. The minimum absolute atomic E-state index is 0.00950. The van der Waals surface area contributed by atoms with Crippen LogP contribution in [-0.2, 0) is 23.8 Å². The molecule has 8 heteroatoms. The van der Waals surface area contributed by atoms with E-state index in [9.17, 15) is 18.0 Å². The number of aryl methyl sites for hydroxylation is 1. The molecule has 0 aromatic carbocycles. The number of piperidine rings is 1. The molecule has 4 rings (SSSR count). The van der Waals surface area contributed by atoms with Crippen molar-refractivity contribution in [1.29, 1.82) is 0 Å². The number of aromatic nitrogens is 2. The summed E-state index contributed by atoms with van der Waals surface area (Å²) in [6.07, 6.45) is 0.382. The van der Waals surface area contributed by atoms with Crippen LogP contribution in [0.5, 0.6) is 0 Å². The number of fused-ring (bicyclic) bond motifs is 1. The lowest BCUT2D eigenvalue weighted by Gasteiger charge is -2.32. The molecule has 3 heterocycles. The fourth-order valence-electron chi connectivity index (χ4n) is 4.32. The Balaban J connectivity index is 1.68. The molecule has 1 amide bonds. The molecule has 0 saturated carbocycles. The summed E-state index contributed by atoms with van der Waals surface area (Å²) in [7, 11) is 0. The molecule has 0 unspecified atom stereocenters. The van der Waals surface area contributed by atoms with Crippen molar-refractivity contribution in [2.24, 2.45) is 5.41 Å². The van der Waals surface area contributed by atoms with E-state index in [1.165, 1.54) is 0 Å². The van der Waals surface area contributed by atoms with Crippen LogP contribution in [-0.4, -0.2) is 35.5 Å². The van der Waals surface area contributed by atoms with Crippen molar-refractivity contribution in [2.75, 3.05) is 24.5 Å². The van der Waals surface area contributed by atoms with Gasteiger partial charge in [0.2, 0.25) is 11.9 Å². The van der Waals surface area contributed by atoms with E-state index >= 15 is 0 Å². The van der Waals surface area contributed by atoms with Gasteiger partial charge < -0.3 is 10.2 Å². The molecular weight excluding hydrogens is 333 g/mol. The molecule has 1 aliphatic carbocycles. The Labute approximate surface area is 144 Å². The molecule has 1 N–H and O–H groups in total. The van der Waals surface area contributed by atoms with Crippen molar-refractivity contribution in [3.63, 3.8) is 0 Å². The molecule has 1 aromatic rings. The van der Waals surface area contributed by atoms with E-state index in [4.69, 9.17) is 0 Å². The standard InChI is InChI=1S/C17H21F3N4O/c18-17(19,20)13-11-4-1-2-5-12(11)22-15(23-13)24-9-7-16(10-24)6-3-8-21-14(16)25/h1-10H2,(H,21,25)/t16-/m0/s1. The number of nitrogens with one attached hydrogen (secondary N) is 1. The Morgan fingerprint density at radius 1 is 1.08 bits per heavy atom. The van der Waals surface area contributed by atoms with Gasteiger partial charge in [-0.3, -0.25) is 4.79 Å². The number of rotatable bonds is 1. The first-order chi connectivity index (χ1) is 11.9. The highest BCUT2D eigenvalue weighted by Gasteiger charge is 2.47. The molecule has 3 aliphatic rings. The first-order valence-electron chi connectivity index (χ1n) is 8.89. The van der Waals surface area contributed by atoms with Gasteiger partial charge in [0.05, 0.1) is 5.41 Å². The molecule has 2 aliphatic heterocycles. The highest BCUT2D eigenvalue weighted by Crippen LogP contribution is 2.40. The first kappa shape index (κ1) is 16.6.